The average Bonchev–Trinajstić information content (AvgIpc) is 2.73. The minimum absolute atomic E-state index is 0.513. The first kappa shape index (κ1) is 17.3. The van der Waals surface area contributed by atoms with Gasteiger partial charge in [-0.25, -0.2) is 5.43 Å². The zero-order chi connectivity index (χ0) is 19.3. The van der Waals surface area contributed by atoms with Gasteiger partial charge in [0.25, 0.3) is 0 Å². The molecular formula is C21H15N5O2. The number of hydrogen-bond acceptors (Lipinski definition) is 5. The smallest absolute Gasteiger partial charge is 0.390 e. The first-order valence-corrected chi connectivity index (χ1v) is 8.56. The molecule has 4 rings (SSSR count). The lowest BCUT2D eigenvalue weighted by atomic mass is 10.1. The lowest BCUT2D eigenvalue weighted by Crippen LogP contribution is -2.10. The van der Waals surface area contributed by atoms with E-state index in [2.05, 4.69) is 20.8 Å². The largest absolute Gasteiger partial charge is 0.511 e. The predicted molar refractivity (Wildman–Crippen MR) is 110 cm³/mol. The second-order valence-corrected chi connectivity index (χ2v) is 6.07. The Balaban J connectivity index is 1.56. The van der Waals surface area contributed by atoms with E-state index < -0.39 is 10.9 Å². The van der Waals surface area contributed by atoms with E-state index in [0.29, 0.717) is 11.4 Å². The normalized spacial score (nSPS) is 11.9. The van der Waals surface area contributed by atoms with Crippen molar-refractivity contribution in [3.63, 3.8) is 0 Å². The Labute approximate surface area is 160 Å². The zero-order valence-electron chi connectivity index (χ0n) is 14.7. The van der Waals surface area contributed by atoms with Gasteiger partial charge in [-0.05, 0) is 50.7 Å². The molecule has 1 N–H and O–H groups in total. The van der Waals surface area contributed by atoms with Crippen molar-refractivity contribution in [1.82, 2.24) is 0 Å². The van der Waals surface area contributed by atoms with Crippen LogP contribution in [0.1, 0.15) is 0 Å². The summed E-state index contributed by atoms with van der Waals surface area (Å²) < 4.78 is 0. The van der Waals surface area contributed by atoms with Gasteiger partial charge in [-0.2, -0.15) is 0 Å². The van der Waals surface area contributed by atoms with Crippen molar-refractivity contribution in [2.75, 3.05) is 5.43 Å². The van der Waals surface area contributed by atoms with E-state index in [0.717, 1.165) is 21.5 Å². The molecule has 28 heavy (non-hydrogen) atoms. The minimum atomic E-state index is -0.682. The number of nitrogens with zero attached hydrogens (tertiary/aromatic N) is 4. The van der Waals surface area contributed by atoms with Crippen LogP contribution in [-0.2, 0) is 0 Å². The van der Waals surface area contributed by atoms with Gasteiger partial charge in [0, 0.05) is 5.10 Å². The first-order valence-electron chi connectivity index (χ1n) is 8.56. The van der Waals surface area contributed by atoms with Crippen LogP contribution in [-0.4, -0.2) is 10.9 Å². The molecule has 0 aliphatic heterocycles. The molecular weight excluding hydrogens is 354 g/mol. The lowest BCUT2D eigenvalue weighted by Gasteiger charge is -2.00. The number of nitrogens with one attached hydrogen (secondary N) is 1. The summed E-state index contributed by atoms with van der Waals surface area (Å²) in [6, 6.07) is 26.6. The number of hydrogen-bond donors (Lipinski definition) is 1. The Morgan fingerprint density at radius 1 is 0.786 bits per heavy atom. The van der Waals surface area contributed by atoms with Crippen molar-refractivity contribution < 1.29 is 4.92 Å². The number of nitro groups is 1. The van der Waals surface area contributed by atoms with E-state index >= 15 is 0 Å². The van der Waals surface area contributed by atoms with E-state index in [1.807, 2.05) is 72.8 Å². The van der Waals surface area contributed by atoms with Gasteiger partial charge >= 0.3 is 5.96 Å². The summed E-state index contributed by atoms with van der Waals surface area (Å²) in [5.41, 5.74) is 3.81. The second-order valence-electron chi connectivity index (χ2n) is 6.07. The van der Waals surface area contributed by atoms with Crippen LogP contribution in [0.4, 0.5) is 11.4 Å². The fourth-order valence-electron chi connectivity index (χ4n) is 2.81. The van der Waals surface area contributed by atoms with Crippen molar-refractivity contribution in [3.05, 3.63) is 95.0 Å². The summed E-state index contributed by atoms with van der Waals surface area (Å²) in [7, 11) is 0. The Hall–Kier alpha value is -4.13. The third kappa shape index (κ3) is 3.83. The van der Waals surface area contributed by atoms with Gasteiger partial charge in [0.05, 0.1) is 10.8 Å². The molecule has 0 saturated carbocycles. The van der Waals surface area contributed by atoms with Crippen molar-refractivity contribution >= 4 is 38.9 Å². The van der Waals surface area contributed by atoms with Gasteiger partial charge in [0.1, 0.15) is 5.69 Å². The van der Waals surface area contributed by atoms with Gasteiger partial charge < -0.3 is 10.1 Å². The van der Waals surface area contributed by atoms with Crippen molar-refractivity contribution in [2.24, 2.45) is 15.3 Å². The molecule has 7 heteroatoms. The highest BCUT2D eigenvalue weighted by atomic mass is 16.6. The maximum Gasteiger partial charge on any atom is 0.511 e. The summed E-state index contributed by atoms with van der Waals surface area (Å²) in [5.74, 6) is -0.624. The Kier molecular flexibility index (Phi) is 4.71. The van der Waals surface area contributed by atoms with Crippen LogP contribution in [0.15, 0.2) is 100 Å². The van der Waals surface area contributed by atoms with Crippen LogP contribution in [0.25, 0.3) is 21.5 Å². The molecule has 0 radical (unpaired) electrons. The maximum atomic E-state index is 11.2. The summed E-state index contributed by atoms with van der Waals surface area (Å²) in [5, 5.41) is 26.8. The lowest BCUT2D eigenvalue weighted by molar-refractivity contribution is -0.352. The van der Waals surface area contributed by atoms with Gasteiger partial charge in [-0.1, -0.05) is 65.8 Å². The molecule has 4 aromatic carbocycles. The van der Waals surface area contributed by atoms with Gasteiger partial charge in [-0.15, -0.1) is 0 Å². The highest BCUT2D eigenvalue weighted by Crippen LogP contribution is 2.22. The van der Waals surface area contributed by atoms with E-state index in [4.69, 9.17) is 0 Å². The number of azo groups is 1. The van der Waals surface area contributed by atoms with Crippen LogP contribution in [0.5, 0.6) is 0 Å². The number of benzene rings is 4. The standard InChI is InChI=1S/C21H15N5O2/c27-26(28)21(24-22-19-11-9-15-5-1-3-7-17(15)13-19)25-23-20-12-10-16-6-2-4-8-18(16)14-20/h1-14,22H/b24-21-,25-23?. The van der Waals surface area contributed by atoms with Crippen LogP contribution in [0.2, 0.25) is 0 Å². The molecule has 0 aliphatic carbocycles. The first-order chi connectivity index (χ1) is 13.7. The molecule has 0 bridgehead atoms. The van der Waals surface area contributed by atoms with E-state index in [9.17, 15) is 10.1 Å². The third-order valence-corrected chi connectivity index (χ3v) is 4.19. The summed E-state index contributed by atoms with van der Waals surface area (Å²) in [4.78, 5) is 10.6. The zero-order valence-corrected chi connectivity index (χ0v) is 14.7. The van der Waals surface area contributed by atoms with Crippen LogP contribution in [0.3, 0.4) is 0 Å². The topological polar surface area (TPSA) is 92.2 Å². The Bertz CT molecular complexity index is 1230. The molecule has 0 spiro atoms. The van der Waals surface area contributed by atoms with Gasteiger partial charge in [-0.3, -0.25) is 0 Å². The van der Waals surface area contributed by atoms with Crippen molar-refractivity contribution in [2.45, 2.75) is 0 Å². The average molecular weight is 369 g/mol. The predicted octanol–water partition coefficient (Wildman–Crippen LogP) is 5.74. The molecule has 0 fully saturated rings. The maximum absolute atomic E-state index is 11.2. The summed E-state index contributed by atoms with van der Waals surface area (Å²) in [6.07, 6.45) is 0. The molecule has 4 aromatic rings. The molecule has 0 unspecified atom stereocenters. The molecule has 0 aliphatic rings. The quantitative estimate of drug-likeness (QED) is 0.164. The highest BCUT2D eigenvalue weighted by Gasteiger charge is 2.12. The van der Waals surface area contributed by atoms with Crippen LogP contribution < -0.4 is 5.43 Å². The number of hydrazone groups is 1. The van der Waals surface area contributed by atoms with E-state index in [1.54, 1.807) is 12.1 Å². The monoisotopic (exact) mass is 369 g/mol. The van der Waals surface area contributed by atoms with Crippen LogP contribution >= 0.6 is 0 Å². The molecule has 0 saturated heterocycles. The minimum Gasteiger partial charge on any atom is -0.390 e. The second kappa shape index (κ2) is 7.63. The van der Waals surface area contributed by atoms with Gasteiger partial charge in [0.15, 0.2) is 0 Å². The Morgan fingerprint density at radius 2 is 1.39 bits per heavy atom. The number of anilines is 1. The summed E-state index contributed by atoms with van der Waals surface area (Å²) in [6.45, 7) is 0. The SMILES string of the molecule is O=[N+]([O-])/C(N=Nc1ccc2ccccc2c1)=N\Nc1ccc2ccccc2c1. The fourth-order valence-corrected chi connectivity index (χ4v) is 2.81. The van der Waals surface area contributed by atoms with Crippen molar-refractivity contribution in [1.29, 1.82) is 0 Å². The number of guanidine groups is 1. The summed E-state index contributed by atoms with van der Waals surface area (Å²) >= 11 is 0. The fraction of sp³-hybridized carbons (Fsp3) is 0. The van der Waals surface area contributed by atoms with E-state index in [1.165, 1.54) is 0 Å². The molecule has 7 nitrogen and oxygen atoms in total. The molecule has 0 amide bonds. The third-order valence-electron chi connectivity index (χ3n) is 4.19. The molecule has 0 aromatic heterocycles. The van der Waals surface area contributed by atoms with Crippen molar-refractivity contribution in [3.8, 4) is 0 Å². The molecule has 0 heterocycles. The molecule has 136 valence electrons. The number of fused-ring (bicyclic) bond motifs is 2. The Morgan fingerprint density at radius 3 is 2.07 bits per heavy atom. The van der Waals surface area contributed by atoms with E-state index in [-0.39, 0.29) is 0 Å². The number of rotatable bonds is 3. The van der Waals surface area contributed by atoms with Gasteiger partial charge in [0.2, 0.25) is 0 Å². The highest BCUT2D eigenvalue weighted by molar-refractivity contribution is 5.86. The molecule has 0 atom stereocenters. The van der Waals surface area contributed by atoms with Crippen LogP contribution in [0, 0.1) is 10.1 Å².